The standard InChI is InChI=1S/C14H15BN2O4S/c18-15(19)14-7-11-9-16(6-5-13(11)22-14)8-10-3-1-2-4-12(10)17(20)21/h1-4,7,18-19H,5-6,8-9H2. The van der Waals surface area contributed by atoms with Crippen molar-refractivity contribution in [2.45, 2.75) is 19.5 Å². The smallest absolute Gasteiger partial charge is 0.423 e. The topological polar surface area (TPSA) is 86.8 Å². The summed E-state index contributed by atoms with van der Waals surface area (Å²) < 4.78 is 0.553. The summed E-state index contributed by atoms with van der Waals surface area (Å²) in [5.41, 5.74) is 1.93. The van der Waals surface area contributed by atoms with Crippen molar-refractivity contribution in [2.24, 2.45) is 0 Å². The number of benzene rings is 1. The van der Waals surface area contributed by atoms with E-state index in [1.807, 2.05) is 12.1 Å². The summed E-state index contributed by atoms with van der Waals surface area (Å²) >= 11 is 1.42. The Morgan fingerprint density at radius 3 is 2.86 bits per heavy atom. The fourth-order valence-corrected chi connectivity index (χ4v) is 3.78. The predicted molar refractivity (Wildman–Crippen MR) is 85.1 cm³/mol. The molecule has 22 heavy (non-hydrogen) atoms. The van der Waals surface area contributed by atoms with Gasteiger partial charge in [-0.05, 0) is 18.1 Å². The molecule has 8 heteroatoms. The van der Waals surface area contributed by atoms with Crippen LogP contribution >= 0.6 is 11.3 Å². The van der Waals surface area contributed by atoms with Crippen molar-refractivity contribution < 1.29 is 15.0 Å². The number of rotatable bonds is 4. The molecule has 1 aliphatic heterocycles. The Bertz CT molecular complexity index is 704. The zero-order valence-corrected chi connectivity index (χ0v) is 12.6. The third-order valence-corrected chi connectivity index (χ3v) is 5.08. The summed E-state index contributed by atoms with van der Waals surface area (Å²) in [6, 6.07) is 8.60. The molecule has 0 radical (unpaired) electrons. The lowest BCUT2D eigenvalue weighted by molar-refractivity contribution is -0.385. The molecule has 6 nitrogen and oxygen atoms in total. The van der Waals surface area contributed by atoms with Crippen LogP contribution in [0.4, 0.5) is 5.69 Å². The molecule has 0 bridgehead atoms. The molecule has 114 valence electrons. The highest BCUT2D eigenvalue weighted by Gasteiger charge is 2.24. The van der Waals surface area contributed by atoms with Gasteiger partial charge in [-0.1, -0.05) is 18.2 Å². The summed E-state index contributed by atoms with van der Waals surface area (Å²) in [7, 11) is -1.43. The van der Waals surface area contributed by atoms with Crippen LogP contribution in [0.5, 0.6) is 0 Å². The van der Waals surface area contributed by atoms with Crippen LogP contribution in [0.1, 0.15) is 16.0 Å². The molecule has 0 saturated heterocycles. The predicted octanol–water partition coefficient (Wildman–Crippen LogP) is 0.894. The second kappa shape index (κ2) is 6.17. The van der Waals surface area contributed by atoms with Crippen LogP contribution in [0.25, 0.3) is 0 Å². The molecule has 1 aromatic heterocycles. The van der Waals surface area contributed by atoms with Crippen LogP contribution in [-0.2, 0) is 19.5 Å². The number of para-hydroxylation sites is 1. The summed E-state index contributed by atoms with van der Waals surface area (Å²) in [6.07, 6.45) is 0.827. The van der Waals surface area contributed by atoms with Gasteiger partial charge >= 0.3 is 7.12 Å². The lowest BCUT2D eigenvalue weighted by atomic mass is 9.88. The number of nitro groups is 1. The molecule has 0 saturated carbocycles. The van der Waals surface area contributed by atoms with E-state index in [9.17, 15) is 20.2 Å². The molecule has 1 aromatic carbocycles. The zero-order valence-electron chi connectivity index (χ0n) is 11.8. The van der Waals surface area contributed by atoms with E-state index in [0.29, 0.717) is 23.4 Å². The van der Waals surface area contributed by atoms with Crippen molar-refractivity contribution in [3.63, 3.8) is 0 Å². The number of fused-ring (bicyclic) bond motifs is 1. The fraction of sp³-hybridized carbons (Fsp3) is 0.286. The van der Waals surface area contributed by atoms with Crippen molar-refractivity contribution in [2.75, 3.05) is 6.54 Å². The van der Waals surface area contributed by atoms with Crippen molar-refractivity contribution in [1.82, 2.24) is 4.90 Å². The Kier molecular flexibility index (Phi) is 4.26. The third kappa shape index (κ3) is 3.05. The van der Waals surface area contributed by atoms with Crippen LogP contribution in [-0.4, -0.2) is 33.5 Å². The van der Waals surface area contributed by atoms with Gasteiger partial charge in [0, 0.05) is 40.9 Å². The summed E-state index contributed by atoms with van der Waals surface area (Å²) in [5, 5.41) is 29.6. The van der Waals surface area contributed by atoms with E-state index < -0.39 is 7.12 Å². The Morgan fingerprint density at radius 2 is 2.14 bits per heavy atom. The van der Waals surface area contributed by atoms with Crippen molar-refractivity contribution >= 4 is 28.9 Å². The maximum absolute atomic E-state index is 11.1. The average molecular weight is 318 g/mol. The quantitative estimate of drug-likeness (QED) is 0.497. The molecule has 0 amide bonds. The first-order valence-electron chi connectivity index (χ1n) is 6.97. The van der Waals surface area contributed by atoms with Gasteiger partial charge in [0.2, 0.25) is 0 Å². The normalized spacial score (nSPS) is 14.6. The van der Waals surface area contributed by atoms with E-state index in [1.54, 1.807) is 12.1 Å². The Balaban J connectivity index is 1.77. The maximum Gasteiger partial charge on any atom is 0.499 e. The number of nitrogens with zero attached hydrogens (tertiary/aromatic N) is 2. The molecule has 0 unspecified atom stereocenters. The molecular weight excluding hydrogens is 303 g/mol. The number of thiophene rings is 1. The molecule has 3 rings (SSSR count). The minimum Gasteiger partial charge on any atom is -0.423 e. The summed E-state index contributed by atoms with van der Waals surface area (Å²) in [5.74, 6) is 0. The van der Waals surface area contributed by atoms with E-state index in [2.05, 4.69) is 4.90 Å². The van der Waals surface area contributed by atoms with Gasteiger partial charge in [-0.15, -0.1) is 11.3 Å². The molecule has 0 spiro atoms. The third-order valence-electron chi connectivity index (χ3n) is 3.80. The summed E-state index contributed by atoms with van der Waals surface area (Å²) in [6.45, 7) is 1.99. The molecular formula is C14H15BN2O4S. The van der Waals surface area contributed by atoms with E-state index in [-0.39, 0.29) is 10.6 Å². The average Bonchev–Trinajstić information content (AvgIpc) is 2.91. The first-order valence-corrected chi connectivity index (χ1v) is 7.78. The SMILES string of the molecule is O=[N+]([O-])c1ccccc1CN1CCc2sc(B(O)O)cc2C1. The Morgan fingerprint density at radius 1 is 1.36 bits per heavy atom. The summed E-state index contributed by atoms with van der Waals surface area (Å²) in [4.78, 5) is 14.0. The van der Waals surface area contributed by atoms with Crippen molar-refractivity contribution in [1.29, 1.82) is 0 Å². The van der Waals surface area contributed by atoms with Gasteiger partial charge in [0.25, 0.3) is 5.69 Å². The molecule has 0 fully saturated rings. The van der Waals surface area contributed by atoms with Gasteiger partial charge in [0.15, 0.2) is 0 Å². The van der Waals surface area contributed by atoms with E-state index >= 15 is 0 Å². The molecule has 2 aromatic rings. The van der Waals surface area contributed by atoms with Crippen molar-refractivity contribution in [3.05, 3.63) is 56.5 Å². The second-order valence-corrected chi connectivity index (χ2v) is 6.49. The first kappa shape index (κ1) is 15.2. The number of nitro benzene ring substituents is 1. The van der Waals surface area contributed by atoms with Crippen LogP contribution < -0.4 is 4.78 Å². The van der Waals surface area contributed by atoms with E-state index in [0.717, 1.165) is 18.5 Å². The highest BCUT2D eigenvalue weighted by Crippen LogP contribution is 2.26. The Labute approximate surface area is 131 Å². The second-order valence-electron chi connectivity index (χ2n) is 5.32. The van der Waals surface area contributed by atoms with E-state index in [4.69, 9.17) is 0 Å². The largest absolute Gasteiger partial charge is 0.499 e. The maximum atomic E-state index is 11.1. The zero-order chi connectivity index (χ0) is 15.7. The van der Waals surface area contributed by atoms with Gasteiger partial charge in [-0.3, -0.25) is 15.0 Å². The minimum atomic E-state index is -1.43. The van der Waals surface area contributed by atoms with E-state index in [1.165, 1.54) is 22.3 Å². The number of hydrogen-bond donors (Lipinski definition) is 2. The molecule has 0 atom stereocenters. The van der Waals surface area contributed by atoms with Crippen LogP contribution in [0, 0.1) is 10.1 Å². The van der Waals surface area contributed by atoms with Gasteiger partial charge < -0.3 is 10.0 Å². The first-order chi connectivity index (χ1) is 10.5. The van der Waals surface area contributed by atoms with Crippen LogP contribution in [0.2, 0.25) is 0 Å². The molecule has 0 aliphatic carbocycles. The van der Waals surface area contributed by atoms with Gasteiger partial charge in [-0.25, -0.2) is 0 Å². The monoisotopic (exact) mass is 318 g/mol. The lowest BCUT2D eigenvalue weighted by Gasteiger charge is -2.26. The van der Waals surface area contributed by atoms with Crippen LogP contribution in [0.15, 0.2) is 30.3 Å². The highest BCUT2D eigenvalue weighted by atomic mass is 32.1. The Hall–Kier alpha value is -1.74. The van der Waals surface area contributed by atoms with Crippen molar-refractivity contribution in [3.8, 4) is 0 Å². The molecule has 2 N–H and O–H groups in total. The van der Waals surface area contributed by atoms with Gasteiger partial charge in [-0.2, -0.15) is 0 Å². The van der Waals surface area contributed by atoms with Crippen LogP contribution in [0.3, 0.4) is 0 Å². The molecule has 2 heterocycles. The van der Waals surface area contributed by atoms with Gasteiger partial charge in [0.1, 0.15) is 0 Å². The lowest BCUT2D eigenvalue weighted by Crippen LogP contribution is -2.29. The minimum absolute atomic E-state index is 0.144. The molecule has 1 aliphatic rings. The van der Waals surface area contributed by atoms with Gasteiger partial charge in [0.05, 0.1) is 4.92 Å². The number of hydrogen-bond acceptors (Lipinski definition) is 6. The highest BCUT2D eigenvalue weighted by molar-refractivity contribution is 7.22. The fourth-order valence-electron chi connectivity index (χ4n) is 2.74.